The molecule has 0 amide bonds. The zero-order valence-corrected chi connectivity index (χ0v) is 11.8. The molecule has 0 radical (unpaired) electrons. The summed E-state index contributed by atoms with van der Waals surface area (Å²) in [5.41, 5.74) is 6.95. The van der Waals surface area contributed by atoms with E-state index in [-0.39, 0.29) is 5.84 Å². The van der Waals surface area contributed by atoms with Crippen LogP contribution in [-0.4, -0.2) is 16.0 Å². The molecule has 2 rings (SSSR count). The Bertz CT molecular complexity index is 612. The molecule has 5 nitrogen and oxygen atoms in total. The van der Waals surface area contributed by atoms with Crippen LogP contribution in [-0.2, 0) is 0 Å². The minimum atomic E-state index is -0.0388. The van der Waals surface area contributed by atoms with Gasteiger partial charge in [-0.05, 0) is 52.7 Å². The van der Waals surface area contributed by atoms with Gasteiger partial charge < -0.3 is 15.7 Å². The molecule has 2 aromatic rings. The van der Waals surface area contributed by atoms with Crippen LogP contribution < -0.4 is 10.5 Å². The molecule has 0 saturated heterocycles. The number of halogens is 1. The van der Waals surface area contributed by atoms with Gasteiger partial charge in [-0.2, -0.15) is 0 Å². The van der Waals surface area contributed by atoms with E-state index in [9.17, 15) is 0 Å². The van der Waals surface area contributed by atoms with E-state index in [1.165, 1.54) is 6.20 Å². The van der Waals surface area contributed by atoms with Crippen LogP contribution in [0.25, 0.3) is 0 Å². The van der Waals surface area contributed by atoms with Crippen LogP contribution in [0.5, 0.6) is 11.5 Å². The lowest BCUT2D eigenvalue weighted by atomic mass is 10.2. The Morgan fingerprint density at radius 3 is 2.74 bits per heavy atom. The highest BCUT2D eigenvalue weighted by atomic mass is 79.9. The summed E-state index contributed by atoms with van der Waals surface area (Å²) in [5, 5.41) is 11.4. The van der Waals surface area contributed by atoms with E-state index < -0.39 is 0 Å². The maximum atomic E-state index is 8.54. The molecule has 1 aromatic heterocycles. The van der Waals surface area contributed by atoms with Crippen molar-refractivity contribution in [1.29, 1.82) is 0 Å². The van der Waals surface area contributed by atoms with Gasteiger partial charge >= 0.3 is 0 Å². The Labute approximate surface area is 118 Å². The van der Waals surface area contributed by atoms with Crippen molar-refractivity contribution in [3.8, 4) is 11.5 Å². The fourth-order valence-electron chi connectivity index (χ4n) is 1.46. The number of pyridine rings is 1. The molecule has 3 N–H and O–H groups in total. The van der Waals surface area contributed by atoms with Gasteiger partial charge in [-0.25, -0.2) is 4.98 Å². The van der Waals surface area contributed by atoms with Gasteiger partial charge in [0.1, 0.15) is 17.2 Å². The van der Waals surface area contributed by atoms with Gasteiger partial charge in [0.25, 0.3) is 0 Å². The van der Waals surface area contributed by atoms with Crippen LogP contribution in [0.3, 0.4) is 0 Å². The van der Waals surface area contributed by atoms with Crippen molar-refractivity contribution in [2.45, 2.75) is 6.92 Å². The fourth-order valence-corrected chi connectivity index (χ4v) is 2.03. The molecule has 1 heterocycles. The predicted octanol–water partition coefficient (Wildman–Crippen LogP) is 3.04. The van der Waals surface area contributed by atoms with E-state index in [0.717, 1.165) is 10.0 Å². The molecule has 0 aliphatic rings. The highest BCUT2D eigenvalue weighted by molar-refractivity contribution is 9.10. The maximum absolute atomic E-state index is 8.54. The number of rotatable bonds is 3. The van der Waals surface area contributed by atoms with E-state index in [1.807, 2.05) is 25.1 Å². The monoisotopic (exact) mass is 321 g/mol. The number of nitrogens with two attached hydrogens (primary N) is 1. The van der Waals surface area contributed by atoms with Crippen molar-refractivity contribution in [3.63, 3.8) is 0 Å². The average Bonchev–Trinajstić information content (AvgIpc) is 2.42. The van der Waals surface area contributed by atoms with Crippen molar-refractivity contribution >= 4 is 21.8 Å². The Kier molecular flexibility index (Phi) is 4.01. The summed E-state index contributed by atoms with van der Waals surface area (Å²) in [6, 6.07) is 9.11. The van der Waals surface area contributed by atoms with E-state index in [1.54, 1.807) is 12.1 Å². The summed E-state index contributed by atoms with van der Waals surface area (Å²) in [7, 11) is 0. The third-order valence-corrected chi connectivity index (χ3v) is 3.04. The molecular weight excluding hydrogens is 310 g/mol. The van der Waals surface area contributed by atoms with Crippen LogP contribution in [0.4, 0.5) is 0 Å². The maximum Gasteiger partial charge on any atom is 0.188 e. The molecule has 6 heteroatoms. The lowest BCUT2D eigenvalue weighted by Crippen LogP contribution is -2.14. The summed E-state index contributed by atoms with van der Waals surface area (Å²) >= 11 is 3.44. The van der Waals surface area contributed by atoms with Gasteiger partial charge in [-0.1, -0.05) is 11.2 Å². The van der Waals surface area contributed by atoms with Crippen LogP contribution in [0.2, 0.25) is 0 Å². The fraction of sp³-hybridized carbons (Fsp3) is 0.0769. The van der Waals surface area contributed by atoms with Crippen LogP contribution in [0.1, 0.15) is 11.3 Å². The summed E-state index contributed by atoms with van der Waals surface area (Å²) < 4.78 is 6.55. The molecule has 0 saturated carbocycles. The Morgan fingerprint density at radius 2 is 2.16 bits per heavy atom. The number of oxime groups is 1. The van der Waals surface area contributed by atoms with Crippen LogP contribution in [0.15, 0.2) is 46.2 Å². The molecule has 98 valence electrons. The van der Waals surface area contributed by atoms with Gasteiger partial charge in [0.05, 0.1) is 10.7 Å². The number of hydrogen-bond acceptors (Lipinski definition) is 4. The molecular formula is C13H12BrN3O2. The molecule has 0 aliphatic carbocycles. The molecule has 0 fully saturated rings. The second-order valence-corrected chi connectivity index (χ2v) is 4.75. The van der Waals surface area contributed by atoms with Crippen molar-refractivity contribution in [1.82, 2.24) is 4.98 Å². The molecule has 0 spiro atoms. The number of ether oxygens (including phenoxy) is 1. The molecule has 0 aliphatic heterocycles. The summed E-state index contributed by atoms with van der Waals surface area (Å²) in [6.45, 7) is 2.00. The standard InChI is InChI=1S/C13H12BrN3O2/c1-8-2-5-12(10(14)6-8)19-9-3-4-11(16-7-9)13(15)17-18/h2-7,18H,1H3,(H2,15,17). The number of benzene rings is 1. The minimum Gasteiger partial charge on any atom is -0.455 e. The average molecular weight is 322 g/mol. The lowest BCUT2D eigenvalue weighted by Gasteiger charge is -2.08. The van der Waals surface area contributed by atoms with E-state index in [4.69, 9.17) is 15.7 Å². The topological polar surface area (TPSA) is 80.7 Å². The van der Waals surface area contributed by atoms with Crippen LogP contribution >= 0.6 is 15.9 Å². The Hall–Kier alpha value is -2.08. The highest BCUT2D eigenvalue weighted by Gasteiger charge is 2.05. The van der Waals surface area contributed by atoms with Crippen LogP contribution in [0, 0.1) is 6.92 Å². The van der Waals surface area contributed by atoms with Gasteiger partial charge in [-0.3, -0.25) is 0 Å². The first-order chi connectivity index (χ1) is 9.10. The largest absolute Gasteiger partial charge is 0.455 e. The van der Waals surface area contributed by atoms with Gasteiger partial charge in [0.15, 0.2) is 5.84 Å². The minimum absolute atomic E-state index is 0.0388. The van der Waals surface area contributed by atoms with Crippen molar-refractivity contribution in [2.75, 3.05) is 0 Å². The van der Waals surface area contributed by atoms with E-state index >= 15 is 0 Å². The lowest BCUT2D eigenvalue weighted by molar-refractivity contribution is 0.318. The zero-order chi connectivity index (χ0) is 13.8. The van der Waals surface area contributed by atoms with Crippen molar-refractivity contribution in [3.05, 3.63) is 52.3 Å². The highest BCUT2D eigenvalue weighted by Crippen LogP contribution is 2.29. The SMILES string of the molecule is Cc1ccc(Oc2ccc(/C(N)=N/O)nc2)c(Br)c1. The van der Waals surface area contributed by atoms with Gasteiger partial charge in [-0.15, -0.1) is 0 Å². The second-order valence-electron chi connectivity index (χ2n) is 3.90. The summed E-state index contributed by atoms with van der Waals surface area (Å²) in [5.74, 6) is 1.23. The predicted molar refractivity (Wildman–Crippen MR) is 75.7 cm³/mol. The summed E-state index contributed by atoms with van der Waals surface area (Å²) in [6.07, 6.45) is 1.51. The number of amidine groups is 1. The number of aromatic nitrogens is 1. The smallest absolute Gasteiger partial charge is 0.188 e. The molecule has 0 unspecified atom stereocenters. The van der Waals surface area contributed by atoms with E-state index in [0.29, 0.717) is 17.2 Å². The number of hydrogen-bond donors (Lipinski definition) is 2. The normalized spacial score (nSPS) is 11.4. The molecule has 0 bridgehead atoms. The molecule has 19 heavy (non-hydrogen) atoms. The van der Waals surface area contributed by atoms with Crippen molar-refractivity contribution in [2.24, 2.45) is 10.9 Å². The quantitative estimate of drug-likeness (QED) is 0.394. The first-order valence-corrected chi connectivity index (χ1v) is 6.27. The first kappa shape index (κ1) is 13.4. The third kappa shape index (κ3) is 3.23. The van der Waals surface area contributed by atoms with Gasteiger partial charge in [0.2, 0.25) is 0 Å². The van der Waals surface area contributed by atoms with Gasteiger partial charge in [0, 0.05) is 0 Å². The third-order valence-electron chi connectivity index (χ3n) is 2.42. The Balaban J connectivity index is 2.20. The number of aryl methyl sites for hydroxylation is 1. The zero-order valence-electron chi connectivity index (χ0n) is 10.2. The van der Waals surface area contributed by atoms with E-state index in [2.05, 4.69) is 26.1 Å². The van der Waals surface area contributed by atoms with Crippen molar-refractivity contribution < 1.29 is 9.94 Å². The summed E-state index contributed by atoms with van der Waals surface area (Å²) in [4.78, 5) is 4.04. The Morgan fingerprint density at radius 1 is 1.37 bits per heavy atom. The first-order valence-electron chi connectivity index (χ1n) is 5.48. The molecule has 1 aromatic carbocycles. The molecule has 0 atom stereocenters. The second kappa shape index (κ2) is 5.71. The number of nitrogens with zero attached hydrogens (tertiary/aromatic N) is 2.